The molecule has 2 aromatic rings. The van der Waals surface area contributed by atoms with Crippen LogP contribution in [0.25, 0.3) is 0 Å². The van der Waals surface area contributed by atoms with E-state index in [-0.39, 0.29) is 15.5 Å². The van der Waals surface area contributed by atoms with Gasteiger partial charge >= 0.3 is 5.97 Å². The molecule has 0 saturated carbocycles. The van der Waals surface area contributed by atoms with E-state index in [1.165, 1.54) is 19.2 Å². The second-order valence-electron chi connectivity index (χ2n) is 4.87. The molecule has 0 aliphatic heterocycles. The van der Waals surface area contributed by atoms with E-state index in [4.69, 9.17) is 16.3 Å². The summed E-state index contributed by atoms with van der Waals surface area (Å²) in [6, 6.07) is 10.2. The average molecular weight is 382 g/mol. The van der Waals surface area contributed by atoms with Gasteiger partial charge in [-0.25, -0.2) is 13.2 Å². The maximum absolute atomic E-state index is 12.6. The molecule has 0 fully saturated rings. The van der Waals surface area contributed by atoms with Crippen LogP contribution >= 0.6 is 11.6 Å². The molecule has 0 atom stereocenters. The maximum Gasteiger partial charge on any atom is 0.337 e. The lowest BCUT2D eigenvalue weighted by Crippen LogP contribution is -2.14. The van der Waals surface area contributed by atoms with Crippen molar-refractivity contribution in [2.45, 2.75) is 4.90 Å². The molecule has 2 rings (SSSR count). The van der Waals surface area contributed by atoms with Crippen LogP contribution in [0.5, 0.6) is 5.75 Å². The molecule has 0 bridgehead atoms. The zero-order valence-corrected chi connectivity index (χ0v) is 14.9. The third-order valence-electron chi connectivity index (χ3n) is 3.12. The maximum atomic E-state index is 12.6. The normalized spacial score (nSPS) is 10.8. The van der Waals surface area contributed by atoms with Gasteiger partial charge in [0.05, 0.1) is 17.7 Å². The molecule has 6 nitrogen and oxygen atoms in total. The first-order valence-corrected chi connectivity index (χ1v) is 8.98. The van der Waals surface area contributed by atoms with E-state index in [2.05, 4.69) is 16.0 Å². The number of esters is 1. The van der Waals surface area contributed by atoms with E-state index >= 15 is 0 Å². The highest BCUT2D eigenvalue weighted by molar-refractivity contribution is 7.92. The second kappa shape index (κ2) is 8.04. The van der Waals surface area contributed by atoms with E-state index in [1.54, 1.807) is 30.3 Å². The number of halogens is 1. The number of nitrogens with one attached hydrogen (secondary N) is 1. The van der Waals surface area contributed by atoms with Crippen LogP contribution in [0.3, 0.4) is 0 Å². The van der Waals surface area contributed by atoms with Gasteiger partial charge in [0.25, 0.3) is 10.0 Å². The van der Waals surface area contributed by atoms with Gasteiger partial charge in [-0.3, -0.25) is 4.72 Å². The Morgan fingerprint density at radius 3 is 2.52 bits per heavy atom. The van der Waals surface area contributed by atoms with Crippen molar-refractivity contribution < 1.29 is 22.7 Å². The van der Waals surface area contributed by atoms with Crippen molar-refractivity contribution in [3.8, 4) is 5.75 Å². The zero-order chi connectivity index (χ0) is 18.4. The minimum absolute atomic E-state index is 0.00825. The highest BCUT2D eigenvalue weighted by atomic mass is 35.5. The summed E-state index contributed by atoms with van der Waals surface area (Å²) in [5, 5.41) is -0.00825. The fraction of sp³-hybridized carbons (Fsp3) is 0.118. The summed E-state index contributed by atoms with van der Waals surface area (Å²) in [6.45, 7) is 3.90. The first kappa shape index (κ1) is 18.8. The molecule has 0 aliphatic rings. The summed E-state index contributed by atoms with van der Waals surface area (Å²) in [5.74, 6) is -0.0783. The quantitative estimate of drug-likeness (QED) is 0.586. The fourth-order valence-corrected chi connectivity index (χ4v) is 3.52. The molecule has 0 amide bonds. The molecule has 0 saturated heterocycles. The van der Waals surface area contributed by atoms with E-state index in [9.17, 15) is 13.2 Å². The van der Waals surface area contributed by atoms with E-state index in [0.717, 1.165) is 6.07 Å². The summed E-state index contributed by atoms with van der Waals surface area (Å²) >= 11 is 5.98. The lowest BCUT2D eigenvalue weighted by molar-refractivity contribution is 0.0600. The van der Waals surface area contributed by atoms with Crippen LogP contribution in [0.1, 0.15) is 10.4 Å². The lowest BCUT2D eigenvalue weighted by atomic mass is 10.2. The Hall–Kier alpha value is -2.51. The number of rotatable bonds is 7. The fourth-order valence-electron chi connectivity index (χ4n) is 1.94. The number of benzene rings is 2. The SMILES string of the molecule is C=CCOc1ccc(NS(=O)(=O)c2cc(C(=O)OC)ccc2Cl)cc1. The molecule has 132 valence electrons. The van der Waals surface area contributed by atoms with E-state index < -0.39 is 16.0 Å². The lowest BCUT2D eigenvalue weighted by Gasteiger charge is -2.11. The van der Waals surface area contributed by atoms with Gasteiger partial charge in [-0.1, -0.05) is 24.3 Å². The van der Waals surface area contributed by atoms with Crippen LogP contribution in [0.2, 0.25) is 5.02 Å². The van der Waals surface area contributed by atoms with Crippen molar-refractivity contribution >= 4 is 33.3 Å². The number of hydrogen-bond acceptors (Lipinski definition) is 5. The third kappa shape index (κ3) is 4.74. The van der Waals surface area contributed by atoms with Crippen LogP contribution < -0.4 is 9.46 Å². The molecule has 0 aliphatic carbocycles. The topological polar surface area (TPSA) is 81.7 Å². The highest BCUT2D eigenvalue weighted by Gasteiger charge is 2.20. The Balaban J connectivity index is 2.27. The van der Waals surface area contributed by atoms with Gasteiger partial charge < -0.3 is 9.47 Å². The minimum Gasteiger partial charge on any atom is -0.490 e. The predicted octanol–water partition coefficient (Wildman–Crippen LogP) is 3.49. The largest absolute Gasteiger partial charge is 0.490 e. The number of hydrogen-bond donors (Lipinski definition) is 1. The van der Waals surface area contributed by atoms with Gasteiger partial charge in [-0.05, 0) is 42.5 Å². The van der Waals surface area contributed by atoms with Crippen molar-refractivity contribution in [3.05, 3.63) is 65.7 Å². The molecule has 0 radical (unpaired) electrons. The summed E-state index contributed by atoms with van der Waals surface area (Å²) in [7, 11) is -2.78. The molecule has 1 N–H and O–H groups in total. The molecule has 0 heterocycles. The standard InChI is InChI=1S/C17H16ClNO5S/c1-3-10-24-14-7-5-13(6-8-14)19-25(21,22)16-11-12(17(20)23-2)4-9-15(16)18/h3-9,11,19H,1,10H2,2H3. The Morgan fingerprint density at radius 1 is 1.24 bits per heavy atom. The third-order valence-corrected chi connectivity index (χ3v) is 4.98. The van der Waals surface area contributed by atoms with Crippen LogP contribution in [0.4, 0.5) is 5.69 Å². The highest BCUT2D eigenvalue weighted by Crippen LogP contribution is 2.26. The van der Waals surface area contributed by atoms with Gasteiger partial charge in [0.1, 0.15) is 17.3 Å². The molecule has 0 spiro atoms. The predicted molar refractivity (Wildman–Crippen MR) is 95.7 cm³/mol. The number of carbonyl (C=O) groups excluding carboxylic acids is 1. The Kier molecular flexibility index (Phi) is 6.06. The van der Waals surface area contributed by atoms with Gasteiger partial charge in [0.2, 0.25) is 0 Å². The van der Waals surface area contributed by atoms with Crippen molar-refractivity contribution in [2.24, 2.45) is 0 Å². The first-order chi connectivity index (χ1) is 11.9. The Labute approximate surface area is 151 Å². The van der Waals surface area contributed by atoms with Gasteiger partial charge in [-0.2, -0.15) is 0 Å². The number of ether oxygens (including phenoxy) is 2. The van der Waals surface area contributed by atoms with Gasteiger partial charge in [-0.15, -0.1) is 0 Å². The summed E-state index contributed by atoms with van der Waals surface area (Å²) in [6.07, 6.45) is 1.60. The summed E-state index contributed by atoms with van der Waals surface area (Å²) in [4.78, 5) is 11.4. The summed E-state index contributed by atoms with van der Waals surface area (Å²) in [5.41, 5.74) is 0.408. The number of sulfonamides is 1. The molecular formula is C17H16ClNO5S. The monoisotopic (exact) mass is 381 g/mol. The molecule has 25 heavy (non-hydrogen) atoms. The Bertz CT molecular complexity index is 878. The van der Waals surface area contributed by atoms with Crippen LogP contribution in [-0.4, -0.2) is 28.1 Å². The van der Waals surface area contributed by atoms with E-state index in [0.29, 0.717) is 18.0 Å². The van der Waals surface area contributed by atoms with Gasteiger partial charge in [0.15, 0.2) is 0 Å². The van der Waals surface area contributed by atoms with Crippen LogP contribution in [0, 0.1) is 0 Å². The van der Waals surface area contributed by atoms with E-state index in [1.807, 2.05) is 0 Å². The van der Waals surface area contributed by atoms with Crippen molar-refractivity contribution in [2.75, 3.05) is 18.4 Å². The van der Waals surface area contributed by atoms with Crippen molar-refractivity contribution in [3.63, 3.8) is 0 Å². The number of methoxy groups -OCH3 is 1. The zero-order valence-electron chi connectivity index (χ0n) is 13.4. The number of carbonyl (C=O) groups is 1. The molecular weight excluding hydrogens is 366 g/mol. The molecule has 0 unspecified atom stereocenters. The van der Waals surface area contributed by atoms with Gasteiger partial charge in [0, 0.05) is 5.69 Å². The van der Waals surface area contributed by atoms with Crippen LogP contribution in [0.15, 0.2) is 60.0 Å². The first-order valence-electron chi connectivity index (χ1n) is 7.12. The van der Waals surface area contributed by atoms with Crippen molar-refractivity contribution in [1.29, 1.82) is 0 Å². The van der Waals surface area contributed by atoms with Crippen molar-refractivity contribution in [1.82, 2.24) is 0 Å². The Morgan fingerprint density at radius 2 is 1.92 bits per heavy atom. The summed E-state index contributed by atoms with van der Waals surface area (Å²) < 4.78 is 37.4. The minimum atomic E-state index is -3.98. The molecule has 2 aromatic carbocycles. The molecule has 0 aromatic heterocycles. The average Bonchev–Trinajstić information content (AvgIpc) is 2.60. The smallest absolute Gasteiger partial charge is 0.337 e. The number of anilines is 1. The molecule has 8 heteroatoms. The van der Waals surface area contributed by atoms with Crippen LogP contribution in [-0.2, 0) is 14.8 Å². The second-order valence-corrected chi connectivity index (χ2v) is 6.92.